The third-order valence-corrected chi connectivity index (χ3v) is 3.06. The van der Waals surface area contributed by atoms with E-state index in [1.165, 1.54) is 5.56 Å². The number of rotatable bonds is 1. The maximum absolute atomic E-state index is 12.2. The second kappa shape index (κ2) is 4.52. The van der Waals surface area contributed by atoms with Crippen molar-refractivity contribution in [2.24, 2.45) is 0 Å². The van der Waals surface area contributed by atoms with Crippen molar-refractivity contribution in [3.63, 3.8) is 0 Å². The highest BCUT2D eigenvalue weighted by molar-refractivity contribution is 5.79. The molecule has 0 heterocycles. The standard InChI is InChI=1S/C15H20O2/c1-15(2,3)17-14(16)13-10-6-8-11-7-4-5-9-12(11)13/h4-5,7,9,13H,6,8,10H2,1-3H3. The van der Waals surface area contributed by atoms with Gasteiger partial charge in [-0.25, -0.2) is 0 Å². The summed E-state index contributed by atoms with van der Waals surface area (Å²) in [6.45, 7) is 5.75. The SMILES string of the molecule is CC(C)(C)OC(=O)C1CCCc2ccccc21. The quantitative estimate of drug-likeness (QED) is 0.693. The summed E-state index contributed by atoms with van der Waals surface area (Å²) in [7, 11) is 0. The van der Waals surface area contributed by atoms with Gasteiger partial charge in [-0.2, -0.15) is 0 Å². The van der Waals surface area contributed by atoms with Crippen molar-refractivity contribution in [3.8, 4) is 0 Å². The fourth-order valence-corrected chi connectivity index (χ4v) is 2.37. The average molecular weight is 232 g/mol. The molecule has 2 heteroatoms. The van der Waals surface area contributed by atoms with Crippen LogP contribution in [-0.2, 0) is 16.0 Å². The Labute approximate surface area is 103 Å². The van der Waals surface area contributed by atoms with Crippen LogP contribution in [0.1, 0.15) is 50.7 Å². The average Bonchev–Trinajstić information content (AvgIpc) is 2.26. The van der Waals surface area contributed by atoms with Crippen LogP contribution in [0, 0.1) is 0 Å². The van der Waals surface area contributed by atoms with Gasteiger partial charge < -0.3 is 4.74 Å². The summed E-state index contributed by atoms with van der Waals surface area (Å²) in [5.74, 6) is -0.149. The lowest BCUT2D eigenvalue weighted by Gasteiger charge is -2.28. The summed E-state index contributed by atoms with van der Waals surface area (Å²) in [5, 5.41) is 0. The number of benzene rings is 1. The molecule has 0 fully saturated rings. The van der Waals surface area contributed by atoms with E-state index in [0.29, 0.717) is 0 Å². The summed E-state index contributed by atoms with van der Waals surface area (Å²) in [6, 6.07) is 8.22. The fourth-order valence-electron chi connectivity index (χ4n) is 2.37. The van der Waals surface area contributed by atoms with Crippen molar-refractivity contribution < 1.29 is 9.53 Å². The normalized spacial score (nSPS) is 19.6. The van der Waals surface area contributed by atoms with Crippen molar-refractivity contribution in [2.45, 2.75) is 51.6 Å². The Morgan fingerprint density at radius 3 is 2.71 bits per heavy atom. The van der Waals surface area contributed by atoms with Crippen LogP contribution >= 0.6 is 0 Å². The highest BCUT2D eigenvalue weighted by atomic mass is 16.6. The third kappa shape index (κ3) is 2.87. The topological polar surface area (TPSA) is 26.3 Å². The number of aryl methyl sites for hydroxylation is 1. The van der Waals surface area contributed by atoms with E-state index in [1.54, 1.807) is 0 Å². The van der Waals surface area contributed by atoms with Crippen LogP contribution in [0.5, 0.6) is 0 Å². The van der Waals surface area contributed by atoms with Gasteiger partial charge in [0.15, 0.2) is 0 Å². The van der Waals surface area contributed by atoms with E-state index < -0.39 is 5.60 Å². The molecule has 0 amide bonds. The van der Waals surface area contributed by atoms with E-state index in [4.69, 9.17) is 4.74 Å². The van der Waals surface area contributed by atoms with E-state index in [-0.39, 0.29) is 11.9 Å². The predicted octanol–water partition coefficient (Wildman–Crippen LogP) is 3.45. The Morgan fingerprint density at radius 2 is 2.00 bits per heavy atom. The molecule has 0 spiro atoms. The molecule has 1 unspecified atom stereocenters. The Balaban J connectivity index is 2.21. The van der Waals surface area contributed by atoms with Crippen LogP contribution in [0.15, 0.2) is 24.3 Å². The molecule has 0 saturated heterocycles. The summed E-state index contributed by atoms with van der Waals surface area (Å²) >= 11 is 0. The smallest absolute Gasteiger partial charge is 0.313 e. The molecule has 1 atom stereocenters. The lowest BCUT2D eigenvalue weighted by atomic mass is 9.83. The Bertz CT molecular complexity index is 415. The second-order valence-corrected chi connectivity index (χ2v) is 5.68. The molecule has 1 aromatic carbocycles. The maximum Gasteiger partial charge on any atom is 0.313 e. The Kier molecular flexibility index (Phi) is 3.23. The van der Waals surface area contributed by atoms with Crippen molar-refractivity contribution >= 4 is 5.97 Å². The molecular formula is C15H20O2. The Hall–Kier alpha value is -1.31. The van der Waals surface area contributed by atoms with Gasteiger partial charge in [-0.15, -0.1) is 0 Å². The van der Waals surface area contributed by atoms with Crippen molar-refractivity contribution in [1.82, 2.24) is 0 Å². The number of carbonyl (C=O) groups is 1. The first kappa shape index (κ1) is 12.2. The van der Waals surface area contributed by atoms with Gasteiger partial charge in [-0.05, 0) is 51.2 Å². The van der Waals surface area contributed by atoms with Gasteiger partial charge in [0.2, 0.25) is 0 Å². The van der Waals surface area contributed by atoms with Gasteiger partial charge >= 0.3 is 5.97 Å². The van der Waals surface area contributed by atoms with Crippen LogP contribution < -0.4 is 0 Å². The highest BCUT2D eigenvalue weighted by Gasteiger charge is 2.29. The minimum Gasteiger partial charge on any atom is -0.459 e. The molecule has 17 heavy (non-hydrogen) atoms. The molecule has 92 valence electrons. The molecule has 0 N–H and O–H groups in total. The van der Waals surface area contributed by atoms with Gasteiger partial charge in [0.1, 0.15) is 5.60 Å². The molecule has 1 aliphatic carbocycles. The van der Waals surface area contributed by atoms with Gasteiger partial charge in [0, 0.05) is 0 Å². The molecule has 1 aromatic rings. The van der Waals surface area contributed by atoms with Crippen molar-refractivity contribution in [1.29, 1.82) is 0 Å². The summed E-state index contributed by atoms with van der Waals surface area (Å²) in [6.07, 6.45) is 3.06. The molecule has 0 radical (unpaired) electrons. The van der Waals surface area contributed by atoms with Gasteiger partial charge in [0.25, 0.3) is 0 Å². The first-order chi connectivity index (χ1) is 7.97. The minimum atomic E-state index is -0.399. The second-order valence-electron chi connectivity index (χ2n) is 5.68. The minimum absolute atomic E-state index is 0.0702. The molecule has 2 rings (SSSR count). The zero-order valence-corrected chi connectivity index (χ0v) is 10.8. The fraction of sp³-hybridized carbons (Fsp3) is 0.533. The predicted molar refractivity (Wildman–Crippen MR) is 68.0 cm³/mol. The molecule has 0 saturated carbocycles. The summed E-state index contributed by atoms with van der Waals surface area (Å²) in [5.41, 5.74) is 2.06. The van der Waals surface area contributed by atoms with E-state index in [9.17, 15) is 4.79 Å². The van der Waals surface area contributed by atoms with Crippen LogP contribution in [0.2, 0.25) is 0 Å². The number of hydrogen-bond donors (Lipinski definition) is 0. The van der Waals surface area contributed by atoms with Gasteiger partial charge in [-0.3, -0.25) is 4.79 Å². The maximum atomic E-state index is 12.2. The Morgan fingerprint density at radius 1 is 1.29 bits per heavy atom. The zero-order valence-electron chi connectivity index (χ0n) is 10.8. The number of esters is 1. The van der Waals surface area contributed by atoms with Gasteiger partial charge in [-0.1, -0.05) is 24.3 Å². The molecular weight excluding hydrogens is 212 g/mol. The molecule has 2 nitrogen and oxygen atoms in total. The first-order valence-corrected chi connectivity index (χ1v) is 6.28. The molecule has 0 bridgehead atoms. The zero-order chi connectivity index (χ0) is 12.5. The van der Waals surface area contributed by atoms with Crippen LogP contribution in [0.25, 0.3) is 0 Å². The van der Waals surface area contributed by atoms with Crippen LogP contribution in [-0.4, -0.2) is 11.6 Å². The van der Waals surface area contributed by atoms with Crippen molar-refractivity contribution in [3.05, 3.63) is 35.4 Å². The number of fused-ring (bicyclic) bond motifs is 1. The number of ether oxygens (including phenoxy) is 1. The number of carbonyl (C=O) groups excluding carboxylic acids is 1. The van der Waals surface area contributed by atoms with E-state index in [2.05, 4.69) is 12.1 Å². The first-order valence-electron chi connectivity index (χ1n) is 6.28. The highest BCUT2D eigenvalue weighted by Crippen LogP contribution is 2.33. The summed E-state index contributed by atoms with van der Waals surface area (Å²) < 4.78 is 5.50. The van der Waals surface area contributed by atoms with E-state index in [1.807, 2.05) is 32.9 Å². The molecule has 0 aromatic heterocycles. The molecule has 1 aliphatic rings. The summed E-state index contributed by atoms with van der Waals surface area (Å²) in [4.78, 5) is 12.2. The lowest BCUT2D eigenvalue weighted by Crippen LogP contribution is -2.29. The third-order valence-electron chi connectivity index (χ3n) is 3.06. The largest absolute Gasteiger partial charge is 0.459 e. The van der Waals surface area contributed by atoms with Gasteiger partial charge in [0.05, 0.1) is 5.92 Å². The number of hydrogen-bond acceptors (Lipinski definition) is 2. The lowest BCUT2D eigenvalue weighted by molar-refractivity contribution is -0.157. The molecule has 0 aliphatic heterocycles. The van der Waals surface area contributed by atoms with E-state index >= 15 is 0 Å². The van der Waals surface area contributed by atoms with Crippen molar-refractivity contribution in [2.75, 3.05) is 0 Å². The van der Waals surface area contributed by atoms with Crippen LogP contribution in [0.4, 0.5) is 0 Å². The van der Waals surface area contributed by atoms with Crippen LogP contribution in [0.3, 0.4) is 0 Å². The monoisotopic (exact) mass is 232 g/mol. The van der Waals surface area contributed by atoms with E-state index in [0.717, 1.165) is 24.8 Å².